The predicted molar refractivity (Wildman–Crippen MR) is 90.3 cm³/mol. The molecule has 5 nitrogen and oxygen atoms in total. The molecule has 0 saturated carbocycles. The molecule has 0 spiro atoms. The molecule has 0 radical (unpaired) electrons. The molecule has 2 aromatic carbocycles. The fourth-order valence-electron chi connectivity index (χ4n) is 3.25. The molecule has 3 heterocycles. The highest BCUT2D eigenvalue weighted by Gasteiger charge is 2.24. The molecule has 0 unspecified atom stereocenters. The molecule has 23 heavy (non-hydrogen) atoms. The number of benzene rings is 2. The maximum Gasteiger partial charge on any atom is 0.262 e. The molecule has 0 fully saturated rings. The average molecular weight is 300 g/mol. The van der Waals surface area contributed by atoms with Crippen LogP contribution in [0.15, 0.2) is 53.3 Å². The minimum atomic E-state index is -0.0272. The molecule has 0 amide bonds. The van der Waals surface area contributed by atoms with Crippen molar-refractivity contribution in [3.63, 3.8) is 0 Å². The van der Waals surface area contributed by atoms with Gasteiger partial charge < -0.3 is 5.73 Å². The summed E-state index contributed by atoms with van der Waals surface area (Å²) in [4.78, 5) is 22.1. The van der Waals surface area contributed by atoms with Gasteiger partial charge in [0, 0.05) is 10.9 Å². The van der Waals surface area contributed by atoms with Crippen LogP contribution in [0.3, 0.4) is 0 Å². The molecule has 5 rings (SSSR count). The molecule has 5 heteroatoms. The Bertz CT molecular complexity index is 1180. The Kier molecular flexibility index (Phi) is 2.24. The van der Waals surface area contributed by atoms with E-state index in [1.807, 2.05) is 48.5 Å². The summed E-state index contributed by atoms with van der Waals surface area (Å²) in [6, 6.07) is 15.2. The zero-order chi connectivity index (χ0) is 15.6. The summed E-state index contributed by atoms with van der Waals surface area (Å²) in [5.74, 6) is 0.619. The molecule has 110 valence electrons. The highest BCUT2D eigenvalue weighted by Crippen LogP contribution is 2.32. The smallest absolute Gasteiger partial charge is 0.262 e. The number of hydrogen-bond donors (Lipinski definition) is 1. The lowest BCUT2D eigenvalue weighted by Gasteiger charge is -2.05. The first-order chi connectivity index (χ1) is 11.2. The third kappa shape index (κ3) is 1.59. The van der Waals surface area contributed by atoms with Crippen molar-refractivity contribution in [2.24, 2.45) is 0 Å². The van der Waals surface area contributed by atoms with Crippen LogP contribution >= 0.6 is 0 Å². The van der Waals surface area contributed by atoms with Crippen molar-refractivity contribution in [2.75, 3.05) is 5.73 Å². The molecule has 2 aromatic heterocycles. The second-order valence-electron chi connectivity index (χ2n) is 5.76. The number of nitrogens with two attached hydrogens (primary N) is 1. The molecular weight excluding hydrogens is 288 g/mol. The van der Waals surface area contributed by atoms with E-state index in [0.29, 0.717) is 29.0 Å². The Morgan fingerprint density at radius 1 is 1.04 bits per heavy atom. The van der Waals surface area contributed by atoms with Crippen LogP contribution in [0.25, 0.3) is 33.3 Å². The van der Waals surface area contributed by atoms with Gasteiger partial charge in [0.25, 0.3) is 5.56 Å². The standard InChI is InChI=1S/C18H12N4O/c19-13-6-3-4-10-8-11-9-22-17(16(11)21-15(10)13)20-14-7-2-1-5-12(14)18(22)23/h1-8H,9,19H2. The highest BCUT2D eigenvalue weighted by atomic mass is 16.1. The molecule has 0 saturated heterocycles. The van der Waals surface area contributed by atoms with Crippen molar-refractivity contribution < 1.29 is 0 Å². The topological polar surface area (TPSA) is 73.8 Å². The van der Waals surface area contributed by atoms with Crippen LogP contribution < -0.4 is 11.3 Å². The van der Waals surface area contributed by atoms with Crippen molar-refractivity contribution in [1.82, 2.24) is 14.5 Å². The number of pyridine rings is 1. The first-order valence-electron chi connectivity index (χ1n) is 7.40. The van der Waals surface area contributed by atoms with Gasteiger partial charge in [-0.3, -0.25) is 9.36 Å². The summed E-state index contributed by atoms with van der Waals surface area (Å²) in [5.41, 5.74) is 9.84. The van der Waals surface area contributed by atoms with Crippen LogP contribution in [0.2, 0.25) is 0 Å². The average Bonchev–Trinajstić information content (AvgIpc) is 2.92. The summed E-state index contributed by atoms with van der Waals surface area (Å²) in [7, 11) is 0. The van der Waals surface area contributed by atoms with Gasteiger partial charge >= 0.3 is 0 Å². The molecule has 1 aliphatic heterocycles. The van der Waals surface area contributed by atoms with Crippen LogP contribution in [0.4, 0.5) is 5.69 Å². The molecule has 0 bridgehead atoms. The van der Waals surface area contributed by atoms with Gasteiger partial charge in [-0.25, -0.2) is 9.97 Å². The van der Waals surface area contributed by atoms with Gasteiger partial charge in [-0.2, -0.15) is 0 Å². The van der Waals surface area contributed by atoms with Crippen molar-refractivity contribution in [1.29, 1.82) is 0 Å². The van der Waals surface area contributed by atoms with E-state index in [4.69, 9.17) is 10.7 Å². The number of aromatic nitrogens is 3. The van der Waals surface area contributed by atoms with E-state index >= 15 is 0 Å². The van der Waals surface area contributed by atoms with E-state index in [0.717, 1.165) is 22.2 Å². The van der Waals surface area contributed by atoms with Crippen LogP contribution in [0.5, 0.6) is 0 Å². The fraction of sp³-hybridized carbons (Fsp3) is 0.0556. The minimum Gasteiger partial charge on any atom is -0.397 e. The zero-order valence-corrected chi connectivity index (χ0v) is 12.2. The number of rotatable bonds is 0. The van der Waals surface area contributed by atoms with Gasteiger partial charge in [-0.05, 0) is 24.3 Å². The predicted octanol–water partition coefficient (Wildman–Crippen LogP) is 2.56. The van der Waals surface area contributed by atoms with Gasteiger partial charge in [0.1, 0.15) is 5.69 Å². The van der Waals surface area contributed by atoms with Gasteiger partial charge in [0.2, 0.25) is 0 Å². The van der Waals surface area contributed by atoms with Crippen molar-refractivity contribution in [3.05, 3.63) is 64.4 Å². The van der Waals surface area contributed by atoms with Gasteiger partial charge in [-0.15, -0.1) is 0 Å². The maximum atomic E-state index is 12.7. The quantitative estimate of drug-likeness (QED) is 0.446. The van der Waals surface area contributed by atoms with Gasteiger partial charge in [0.15, 0.2) is 5.82 Å². The maximum absolute atomic E-state index is 12.7. The Hall–Kier alpha value is -3.21. The number of anilines is 1. The lowest BCUT2D eigenvalue weighted by atomic mass is 10.1. The summed E-state index contributed by atoms with van der Waals surface area (Å²) < 4.78 is 1.69. The largest absolute Gasteiger partial charge is 0.397 e. The Balaban J connectivity index is 1.90. The van der Waals surface area contributed by atoms with Crippen LogP contribution in [-0.4, -0.2) is 14.5 Å². The minimum absolute atomic E-state index is 0.0272. The van der Waals surface area contributed by atoms with E-state index in [2.05, 4.69) is 4.98 Å². The van der Waals surface area contributed by atoms with Crippen LogP contribution in [-0.2, 0) is 6.54 Å². The monoisotopic (exact) mass is 300 g/mol. The van der Waals surface area contributed by atoms with Gasteiger partial charge in [-0.1, -0.05) is 24.3 Å². The third-order valence-electron chi connectivity index (χ3n) is 4.36. The molecule has 0 aliphatic carbocycles. The molecule has 2 N–H and O–H groups in total. The number of nitrogen functional groups attached to an aromatic ring is 1. The van der Waals surface area contributed by atoms with Crippen LogP contribution in [0, 0.1) is 0 Å². The number of hydrogen-bond acceptors (Lipinski definition) is 4. The Labute approximate surface area is 131 Å². The van der Waals surface area contributed by atoms with Crippen molar-refractivity contribution >= 4 is 27.5 Å². The number of nitrogens with zero attached hydrogens (tertiary/aromatic N) is 3. The molecular formula is C18H12N4O. The first kappa shape index (κ1) is 12.3. The van der Waals surface area contributed by atoms with Gasteiger partial charge in [0.05, 0.1) is 28.7 Å². The molecule has 4 aromatic rings. The summed E-state index contributed by atoms with van der Waals surface area (Å²) >= 11 is 0. The van der Waals surface area contributed by atoms with E-state index in [1.165, 1.54) is 0 Å². The van der Waals surface area contributed by atoms with E-state index in [9.17, 15) is 4.79 Å². The summed E-state index contributed by atoms with van der Waals surface area (Å²) in [6.07, 6.45) is 0. The summed E-state index contributed by atoms with van der Waals surface area (Å²) in [6.45, 7) is 0.499. The van der Waals surface area contributed by atoms with E-state index in [-0.39, 0.29) is 5.56 Å². The normalized spacial score (nSPS) is 12.5. The first-order valence-corrected chi connectivity index (χ1v) is 7.40. The lowest BCUT2D eigenvalue weighted by molar-refractivity contribution is 0.797. The number of para-hydroxylation sites is 2. The number of fused-ring (bicyclic) bond motifs is 5. The second kappa shape index (κ2) is 4.16. The van der Waals surface area contributed by atoms with Crippen LogP contribution in [0.1, 0.15) is 5.56 Å². The third-order valence-corrected chi connectivity index (χ3v) is 4.36. The van der Waals surface area contributed by atoms with Crippen molar-refractivity contribution in [2.45, 2.75) is 6.54 Å². The second-order valence-corrected chi connectivity index (χ2v) is 5.76. The zero-order valence-electron chi connectivity index (χ0n) is 12.2. The summed E-state index contributed by atoms with van der Waals surface area (Å²) in [5, 5.41) is 1.61. The fourth-order valence-corrected chi connectivity index (χ4v) is 3.25. The van der Waals surface area contributed by atoms with E-state index in [1.54, 1.807) is 4.57 Å². The van der Waals surface area contributed by atoms with Crippen molar-refractivity contribution in [3.8, 4) is 11.5 Å². The highest BCUT2D eigenvalue weighted by molar-refractivity contribution is 5.92. The molecule has 1 aliphatic rings. The van der Waals surface area contributed by atoms with E-state index < -0.39 is 0 Å². The molecule has 0 atom stereocenters. The Morgan fingerprint density at radius 3 is 2.83 bits per heavy atom. The SMILES string of the molecule is Nc1cccc2cc3c(nc12)-c1nc2ccccc2c(=O)n1C3. The Morgan fingerprint density at radius 2 is 1.91 bits per heavy atom. The lowest BCUT2D eigenvalue weighted by Crippen LogP contribution is -2.20.